The fourth-order valence-corrected chi connectivity index (χ4v) is 5.48. The number of sulfone groups is 1. The monoisotopic (exact) mass is 281 g/mol. The van der Waals surface area contributed by atoms with E-state index in [1.807, 2.05) is 0 Å². The highest BCUT2D eigenvalue weighted by Crippen LogP contribution is 2.29. The third-order valence-electron chi connectivity index (χ3n) is 3.52. The van der Waals surface area contributed by atoms with Crippen molar-refractivity contribution < 1.29 is 12.6 Å². The minimum Gasteiger partial charge on any atom is -0.327 e. The lowest BCUT2D eigenvalue weighted by atomic mass is 9.84. The van der Waals surface area contributed by atoms with Gasteiger partial charge < -0.3 is 5.73 Å². The molecular formula is C11H23NO3S2. The molecule has 4 unspecified atom stereocenters. The van der Waals surface area contributed by atoms with Gasteiger partial charge in [-0.1, -0.05) is 13.3 Å². The van der Waals surface area contributed by atoms with Crippen LogP contribution in [-0.2, 0) is 20.6 Å². The van der Waals surface area contributed by atoms with E-state index in [1.165, 1.54) is 6.26 Å². The maximum absolute atomic E-state index is 12.1. The standard InChI is InChI=1S/C11H23NO3S2/c1-3-9-4-5-10(12)11(8-9)16(13)6-7-17(2,14)15/h9-11H,3-8,12H2,1-2H3. The van der Waals surface area contributed by atoms with E-state index in [0.29, 0.717) is 5.92 Å². The quantitative estimate of drug-likeness (QED) is 0.804. The molecule has 0 bridgehead atoms. The van der Waals surface area contributed by atoms with Crippen molar-refractivity contribution in [2.75, 3.05) is 17.8 Å². The van der Waals surface area contributed by atoms with Crippen LogP contribution in [-0.4, -0.2) is 41.7 Å². The molecule has 0 spiro atoms. The molecule has 17 heavy (non-hydrogen) atoms. The van der Waals surface area contributed by atoms with Gasteiger partial charge in [0.05, 0.1) is 11.0 Å². The second kappa shape index (κ2) is 6.29. The predicted molar refractivity (Wildman–Crippen MR) is 72.1 cm³/mol. The highest BCUT2D eigenvalue weighted by Gasteiger charge is 2.31. The minimum absolute atomic E-state index is 0.000374. The van der Waals surface area contributed by atoms with Crippen LogP contribution in [0.25, 0.3) is 0 Å². The Morgan fingerprint density at radius 3 is 2.53 bits per heavy atom. The molecule has 0 aromatic rings. The van der Waals surface area contributed by atoms with Crippen molar-refractivity contribution in [3.63, 3.8) is 0 Å². The van der Waals surface area contributed by atoms with Crippen molar-refractivity contribution in [1.29, 1.82) is 0 Å². The molecular weight excluding hydrogens is 258 g/mol. The average Bonchev–Trinajstić information content (AvgIpc) is 2.25. The Labute approximate surface area is 107 Å². The molecule has 1 aliphatic carbocycles. The summed E-state index contributed by atoms with van der Waals surface area (Å²) in [6, 6.07) is -0.0295. The molecule has 0 aliphatic heterocycles. The van der Waals surface area contributed by atoms with Crippen molar-refractivity contribution in [1.82, 2.24) is 0 Å². The first kappa shape index (κ1) is 15.1. The van der Waals surface area contributed by atoms with E-state index in [0.717, 1.165) is 25.7 Å². The fourth-order valence-electron chi connectivity index (χ4n) is 2.29. The van der Waals surface area contributed by atoms with Crippen molar-refractivity contribution >= 4 is 20.6 Å². The van der Waals surface area contributed by atoms with Gasteiger partial charge in [0, 0.05) is 28.9 Å². The Bertz CT molecular complexity index is 367. The molecule has 1 rings (SSSR count). The summed E-state index contributed by atoms with van der Waals surface area (Å²) >= 11 is 0. The van der Waals surface area contributed by atoms with Gasteiger partial charge in [-0.2, -0.15) is 0 Å². The zero-order chi connectivity index (χ0) is 13.1. The second-order valence-electron chi connectivity index (χ2n) is 5.00. The molecule has 0 aromatic carbocycles. The lowest BCUT2D eigenvalue weighted by Gasteiger charge is -2.33. The molecule has 0 radical (unpaired) electrons. The number of nitrogens with two attached hydrogens (primary N) is 1. The molecule has 1 saturated carbocycles. The summed E-state index contributed by atoms with van der Waals surface area (Å²) in [7, 11) is -4.14. The van der Waals surface area contributed by atoms with Crippen LogP contribution < -0.4 is 5.73 Å². The van der Waals surface area contributed by atoms with Crippen LogP contribution in [0.3, 0.4) is 0 Å². The van der Waals surface area contributed by atoms with Crippen molar-refractivity contribution in [2.45, 2.75) is 43.9 Å². The van der Waals surface area contributed by atoms with E-state index >= 15 is 0 Å². The zero-order valence-corrected chi connectivity index (χ0v) is 12.2. The average molecular weight is 281 g/mol. The summed E-state index contributed by atoms with van der Waals surface area (Å²) in [6.45, 7) is 2.14. The van der Waals surface area contributed by atoms with E-state index in [2.05, 4.69) is 6.92 Å². The summed E-state index contributed by atoms with van der Waals surface area (Å²) in [5.74, 6) is 0.828. The van der Waals surface area contributed by atoms with Gasteiger partial charge in [0.2, 0.25) is 0 Å². The van der Waals surface area contributed by atoms with E-state index in [-0.39, 0.29) is 22.8 Å². The SMILES string of the molecule is CCC1CCC(N)C(S(=O)CCS(C)(=O)=O)C1. The number of rotatable bonds is 5. The lowest BCUT2D eigenvalue weighted by molar-refractivity contribution is 0.324. The number of hydrogen-bond donors (Lipinski definition) is 1. The summed E-state index contributed by atoms with van der Waals surface area (Å²) in [6.07, 6.45) is 5.17. The summed E-state index contributed by atoms with van der Waals surface area (Å²) in [4.78, 5) is 0. The third-order valence-corrected chi connectivity index (χ3v) is 6.55. The summed E-state index contributed by atoms with van der Waals surface area (Å²) < 4.78 is 34.2. The Hall–Kier alpha value is 0.0600. The Morgan fingerprint density at radius 2 is 2.00 bits per heavy atom. The zero-order valence-electron chi connectivity index (χ0n) is 10.6. The van der Waals surface area contributed by atoms with Gasteiger partial charge in [-0.25, -0.2) is 8.42 Å². The summed E-state index contributed by atoms with van der Waals surface area (Å²) in [5.41, 5.74) is 5.99. The van der Waals surface area contributed by atoms with Gasteiger partial charge in [0.15, 0.2) is 0 Å². The second-order valence-corrected chi connectivity index (χ2v) is 9.04. The highest BCUT2D eigenvalue weighted by molar-refractivity contribution is 7.92. The predicted octanol–water partition coefficient (Wildman–Crippen LogP) is 0.686. The fraction of sp³-hybridized carbons (Fsp3) is 1.00. The molecule has 0 aromatic heterocycles. The first-order valence-electron chi connectivity index (χ1n) is 6.14. The first-order chi connectivity index (χ1) is 7.83. The van der Waals surface area contributed by atoms with Crippen molar-refractivity contribution in [2.24, 2.45) is 11.7 Å². The van der Waals surface area contributed by atoms with Crippen LogP contribution in [0.5, 0.6) is 0 Å². The van der Waals surface area contributed by atoms with E-state index in [4.69, 9.17) is 5.73 Å². The van der Waals surface area contributed by atoms with E-state index in [1.54, 1.807) is 0 Å². The molecule has 102 valence electrons. The molecule has 0 saturated heterocycles. The van der Waals surface area contributed by atoms with E-state index in [9.17, 15) is 12.6 Å². The Morgan fingerprint density at radius 1 is 1.35 bits per heavy atom. The summed E-state index contributed by atoms with van der Waals surface area (Å²) in [5, 5.41) is -0.0181. The van der Waals surface area contributed by atoms with Crippen LogP contribution in [0, 0.1) is 5.92 Å². The van der Waals surface area contributed by atoms with Gasteiger partial charge in [-0.3, -0.25) is 4.21 Å². The van der Waals surface area contributed by atoms with E-state index < -0.39 is 20.6 Å². The van der Waals surface area contributed by atoms with Crippen LogP contribution in [0.2, 0.25) is 0 Å². The van der Waals surface area contributed by atoms with Gasteiger partial charge in [-0.15, -0.1) is 0 Å². The molecule has 0 heterocycles. The molecule has 4 atom stereocenters. The van der Waals surface area contributed by atoms with Crippen LogP contribution in [0.15, 0.2) is 0 Å². The normalized spacial score (nSPS) is 32.3. The Balaban J connectivity index is 2.54. The van der Waals surface area contributed by atoms with Crippen LogP contribution in [0.4, 0.5) is 0 Å². The molecule has 2 N–H and O–H groups in total. The van der Waals surface area contributed by atoms with Gasteiger partial charge in [0.25, 0.3) is 0 Å². The number of hydrogen-bond acceptors (Lipinski definition) is 4. The molecule has 1 aliphatic rings. The topological polar surface area (TPSA) is 77.2 Å². The van der Waals surface area contributed by atoms with Gasteiger partial charge >= 0.3 is 0 Å². The smallest absolute Gasteiger partial charge is 0.148 e. The first-order valence-corrected chi connectivity index (χ1v) is 9.58. The Kier molecular flexibility index (Phi) is 5.60. The molecule has 6 heteroatoms. The van der Waals surface area contributed by atoms with Crippen LogP contribution in [0.1, 0.15) is 32.6 Å². The third kappa shape index (κ3) is 5.06. The lowest BCUT2D eigenvalue weighted by Crippen LogP contribution is -2.44. The maximum atomic E-state index is 12.1. The minimum atomic E-state index is -3.03. The van der Waals surface area contributed by atoms with Gasteiger partial charge in [-0.05, 0) is 25.2 Å². The molecule has 4 nitrogen and oxygen atoms in total. The van der Waals surface area contributed by atoms with Crippen molar-refractivity contribution in [3.8, 4) is 0 Å². The largest absolute Gasteiger partial charge is 0.327 e. The molecule has 0 amide bonds. The molecule has 1 fully saturated rings. The highest BCUT2D eigenvalue weighted by atomic mass is 32.2. The maximum Gasteiger partial charge on any atom is 0.148 e. The van der Waals surface area contributed by atoms with Crippen LogP contribution >= 0.6 is 0 Å². The van der Waals surface area contributed by atoms with Gasteiger partial charge in [0.1, 0.15) is 9.84 Å². The van der Waals surface area contributed by atoms with Crippen molar-refractivity contribution in [3.05, 3.63) is 0 Å².